The van der Waals surface area contributed by atoms with Crippen molar-refractivity contribution in [2.75, 3.05) is 12.4 Å². The molecular weight excluding hydrogens is 381 g/mol. The summed E-state index contributed by atoms with van der Waals surface area (Å²) in [7, 11) is 1.55. The molecule has 4 rings (SSSR count). The van der Waals surface area contributed by atoms with Crippen molar-refractivity contribution in [3.05, 3.63) is 95.9 Å². The summed E-state index contributed by atoms with van der Waals surface area (Å²) in [6.07, 6.45) is 1.65. The number of ether oxygens (including phenoxy) is 1. The van der Waals surface area contributed by atoms with Gasteiger partial charge in [-0.05, 0) is 49.4 Å². The second-order valence-electron chi connectivity index (χ2n) is 6.84. The number of hydrogen-bond donors (Lipinski definition) is 1. The standard InChI is InChI=1S/C24H20FN3O2/c1-16-6-5-7-17(14-16)23-20(15-28(27-23)19-12-10-18(25)11-13-19)24(29)26-21-8-3-4-9-22(21)30-2/h3-15H,1-2H3,(H,26,29). The van der Waals surface area contributed by atoms with Gasteiger partial charge in [-0.3, -0.25) is 4.79 Å². The van der Waals surface area contributed by atoms with Gasteiger partial charge in [0.25, 0.3) is 5.91 Å². The van der Waals surface area contributed by atoms with Crippen LogP contribution in [0.5, 0.6) is 5.75 Å². The van der Waals surface area contributed by atoms with Crippen molar-refractivity contribution >= 4 is 11.6 Å². The monoisotopic (exact) mass is 401 g/mol. The molecule has 0 aliphatic heterocycles. The smallest absolute Gasteiger partial charge is 0.259 e. The van der Waals surface area contributed by atoms with Gasteiger partial charge < -0.3 is 10.1 Å². The largest absolute Gasteiger partial charge is 0.495 e. The highest BCUT2D eigenvalue weighted by molar-refractivity contribution is 6.08. The van der Waals surface area contributed by atoms with Gasteiger partial charge in [0.05, 0.1) is 24.0 Å². The van der Waals surface area contributed by atoms with Gasteiger partial charge in [-0.25, -0.2) is 9.07 Å². The van der Waals surface area contributed by atoms with Crippen molar-refractivity contribution in [3.8, 4) is 22.7 Å². The molecule has 0 saturated carbocycles. The lowest BCUT2D eigenvalue weighted by Crippen LogP contribution is -2.13. The Bertz CT molecular complexity index is 1200. The minimum absolute atomic E-state index is 0.315. The number of aromatic nitrogens is 2. The number of rotatable bonds is 5. The van der Waals surface area contributed by atoms with Crippen molar-refractivity contribution in [2.24, 2.45) is 0 Å². The summed E-state index contributed by atoms with van der Waals surface area (Å²) in [4.78, 5) is 13.2. The van der Waals surface area contributed by atoms with E-state index in [9.17, 15) is 9.18 Å². The Morgan fingerprint density at radius 2 is 1.80 bits per heavy atom. The Morgan fingerprint density at radius 1 is 1.03 bits per heavy atom. The molecule has 0 aliphatic rings. The topological polar surface area (TPSA) is 56.1 Å². The molecule has 5 nitrogen and oxygen atoms in total. The Labute approximate surface area is 173 Å². The highest BCUT2D eigenvalue weighted by atomic mass is 19.1. The third kappa shape index (κ3) is 3.93. The lowest BCUT2D eigenvalue weighted by Gasteiger charge is -2.10. The van der Waals surface area contributed by atoms with E-state index in [0.29, 0.717) is 28.4 Å². The quantitative estimate of drug-likeness (QED) is 0.497. The van der Waals surface area contributed by atoms with Crippen LogP contribution in [0.15, 0.2) is 79.0 Å². The van der Waals surface area contributed by atoms with Crippen molar-refractivity contribution in [1.82, 2.24) is 9.78 Å². The average molecular weight is 401 g/mol. The zero-order valence-electron chi connectivity index (χ0n) is 16.6. The number of benzene rings is 3. The van der Waals surface area contributed by atoms with Crippen LogP contribution in [0.4, 0.5) is 10.1 Å². The average Bonchev–Trinajstić information content (AvgIpc) is 3.20. The summed E-state index contributed by atoms with van der Waals surface area (Å²) in [6.45, 7) is 1.98. The van der Waals surface area contributed by atoms with Gasteiger partial charge in [0.1, 0.15) is 17.3 Å². The number of methoxy groups -OCH3 is 1. The van der Waals surface area contributed by atoms with E-state index in [2.05, 4.69) is 10.4 Å². The van der Waals surface area contributed by atoms with Crippen LogP contribution in [0.1, 0.15) is 15.9 Å². The lowest BCUT2D eigenvalue weighted by molar-refractivity contribution is 0.102. The third-order valence-corrected chi connectivity index (χ3v) is 4.70. The molecule has 1 heterocycles. The fourth-order valence-electron chi connectivity index (χ4n) is 3.21. The lowest BCUT2D eigenvalue weighted by atomic mass is 10.1. The molecule has 30 heavy (non-hydrogen) atoms. The zero-order chi connectivity index (χ0) is 21.1. The summed E-state index contributed by atoms with van der Waals surface area (Å²) in [5, 5.41) is 7.53. The van der Waals surface area contributed by atoms with Gasteiger partial charge in [0.15, 0.2) is 0 Å². The molecule has 4 aromatic rings. The van der Waals surface area contributed by atoms with E-state index in [1.54, 1.807) is 42.3 Å². The van der Waals surface area contributed by atoms with Crippen LogP contribution >= 0.6 is 0 Å². The van der Waals surface area contributed by atoms with E-state index < -0.39 is 0 Å². The number of carbonyl (C=O) groups excluding carboxylic acids is 1. The van der Waals surface area contributed by atoms with Crippen LogP contribution in [-0.2, 0) is 0 Å². The maximum Gasteiger partial charge on any atom is 0.259 e. The number of hydrogen-bond acceptors (Lipinski definition) is 3. The van der Waals surface area contributed by atoms with Crippen LogP contribution in [0.3, 0.4) is 0 Å². The predicted octanol–water partition coefficient (Wildman–Crippen LogP) is 5.25. The zero-order valence-corrected chi connectivity index (χ0v) is 16.6. The number of aryl methyl sites for hydroxylation is 1. The molecule has 0 fully saturated rings. The molecule has 0 atom stereocenters. The fourth-order valence-corrected chi connectivity index (χ4v) is 3.21. The van der Waals surface area contributed by atoms with Gasteiger partial charge >= 0.3 is 0 Å². The number of amides is 1. The van der Waals surface area contributed by atoms with Gasteiger partial charge in [-0.2, -0.15) is 5.10 Å². The highest BCUT2D eigenvalue weighted by Gasteiger charge is 2.20. The summed E-state index contributed by atoms with van der Waals surface area (Å²) in [5.41, 5.74) is 4.03. The number of nitrogens with one attached hydrogen (secondary N) is 1. The second-order valence-corrected chi connectivity index (χ2v) is 6.84. The molecule has 0 saturated heterocycles. The van der Waals surface area contributed by atoms with Crippen LogP contribution in [-0.4, -0.2) is 22.8 Å². The normalized spacial score (nSPS) is 10.6. The first-order valence-corrected chi connectivity index (χ1v) is 9.42. The molecule has 3 aromatic carbocycles. The molecule has 1 N–H and O–H groups in total. The molecular formula is C24H20FN3O2. The van der Waals surface area contributed by atoms with Crippen molar-refractivity contribution < 1.29 is 13.9 Å². The Kier molecular flexibility index (Phi) is 5.30. The summed E-state index contributed by atoms with van der Waals surface area (Å²) in [5.74, 6) is -0.0859. The van der Waals surface area contributed by atoms with Crippen molar-refractivity contribution in [3.63, 3.8) is 0 Å². The number of carbonyl (C=O) groups is 1. The Hall–Kier alpha value is -3.93. The summed E-state index contributed by atoms with van der Waals surface area (Å²) < 4.78 is 20.2. The SMILES string of the molecule is COc1ccccc1NC(=O)c1cn(-c2ccc(F)cc2)nc1-c1cccc(C)c1. The van der Waals surface area contributed by atoms with Crippen molar-refractivity contribution in [2.45, 2.75) is 6.92 Å². The molecule has 0 radical (unpaired) electrons. The second kappa shape index (κ2) is 8.21. The first-order valence-electron chi connectivity index (χ1n) is 9.42. The molecule has 0 bridgehead atoms. The third-order valence-electron chi connectivity index (χ3n) is 4.70. The first kappa shape index (κ1) is 19.4. The van der Waals surface area contributed by atoms with Gasteiger partial charge in [-0.15, -0.1) is 0 Å². The number of nitrogens with zero attached hydrogens (tertiary/aromatic N) is 2. The molecule has 0 unspecified atom stereocenters. The van der Waals surface area contributed by atoms with E-state index in [-0.39, 0.29) is 11.7 Å². The number of halogens is 1. The summed E-state index contributed by atoms with van der Waals surface area (Å²) >= 11 is 0. The van der Waals surface area contributed by atoms with Gasteiger partial charge in [0.2, 0.25) is 0 Å². The van der Waals surface area contributed by atoms with E-state index >= 15 is 0 Å². The van der Waals surface area contributed by atoms with Gasteiger partial charge in [0, 0.05) is 11.8 Å². The molecule has 6 heteroatoms. The molecule has 0 aliphatic carbocycles. The molecule has 0 spiro atoms. The van der Waals surface area contributed by atoms with Crippen LogP contribution in [0.25, 0.3) is 16.9 Å². The van der Waals surface area contributed by atoms with Crippen LogP contribution in [0, 0.1) is 12.7 Å². The highest BCUT2D eigenvalue weighted by Crippen LogP contribution is 2.28. The minimum atomic E-state index is -0.334. The van der Waals surface area contributed by atoms with Crippen LogP contribution in [0.2, 0.25) is 0 Å². The minimum Gasteiger partial charge on any atom is -0.495 e. The van der Waals surface area contributed by atoms with E-state index in [1.807, 2.05) is 43.3 Å². The molecule has 1 amide bonds. The number of para-hydroxylation sites is 2. The van der Waals surface area contributed by atoms with E-state index in [1.165, 1.54) is 12.1 Å². The Morgan fingerprint density at radius 3 is 2.53 bits per heavy atom. The van der Waals surface area contributed by atoms with Crippen LogP contribution < -0.4 is 10.1 Å². The van der Waals surface area contributed by atoms with Crippen molar-refractivity contribution in [1.29, 1.82) is 0 Å². The first-order chi connectivity index (χ1) is 14.5. The fraction of sp³-hybridized carbons (Fsp3) is 0.0833. The molecule has 1 aromatic heterocycles. The van der Waals surface area contributed by atoms with E-state index in [4.69, 9.17) is 4.74 Å². The predicted molar refractivity (Wildman–Crippen MR) is 115 cm³/mol. The van der Waals surface area contributed by atoms with Gasteiger partial charge in [-0.1, -0.05) is 35.9 Å². The van der Waals surface area contributed by atoms with E-state index in [0.717, 1.165) is 11.1 Å². The maximum atomic E-state index is 13.3. The summed E-state index contributed by atoms with van der Waals surface area (Å²) in [6, 6.07) is 20.9. The number of anilines is 1. The maximum absolute atomic E-state index is 13.3. The molecule has 150 valence electrons. The Balaban J connectivity index is 1.78.